The van der Waals surface area contributed by atoms with Crippen LogP contribution >= 0.6 is 27.5 Å². The molecule has 0 spiro atoms. The van der Waals surface area contributed by atoms with Crippen LogP contribution in [0, 0.1) is 6.92 Å². The van der Waals surface area contributed by atoms with Crippen LogP contribution in [0.2, 0.25) is 5.02 Å². The van der Waals surface area contributed by atoms with Crippen LogP contribution in [0.15, 0.2) is 40.9 Å². The van der Waals surface area contributed by atoms with Gasteiger partial charge in [0.2, 0.25) is 0 Å². The fourth-order valence-corrected chi connectivity index (χ4v) is 2.18. The maximum Gasteiger partial charge on any atom is 0.349 e. The second-order valence-electron chi connectivity index (χ2n) is 4.62. The maximum absolute atomic E-state index is 11.8. The Morgan fingerprint density at radius 2 is 1.96 bits per heavy atom. The average Bonchev–Trinajstić information content (AvgIpc) is 2.50. The summed E-state index contributed by atoms with van der Waals surface area (Å²) in [5.41, 5.74) is 0.770. The van der Waals surface area contributed by atoms with Gasteiger partial charge < -0.3 is 14.6 Å². The molecular weight excluding hydrogens is 388 g/mol. The molecule has 0 unspecified atom stereocenters. The van der Waals surface area contributed by atoms with Crippen molar-refractivity contribution in [2.45, 2.75) is 6.92 Å². The summed E-state index contributed by atoms with van der Waals surface area (Å²) in [5, 5.41) is 9.32. The van der Waals surface area contributed by atoms with Gasteiger partial charge in [0.15, 0.2) is 6.61 Å². The number of aryl methyl sites for hydroxylation is 1. The zero-order valence-electron chi connectivity index (χ0n) is 12.0. The van der Waals surface area contributed by atoms with Gasteiger partial charge in [-0.15, -0.1) is 0 Å². The molecule has 2 aromatic carbocycles. The van der Waals surface area contributed by atoms with E-state index in [9.17, 15) is 9.59 Å². The van der Waals surface area contributed by atoms with Gasteiger partial charge in [0.1, 0.15) is 17.1 Å². The molecule has 120 valence electrons. The van der Waals surface area contributed by atoms with Crippen LogP contribution in [-0.4, -0.2) is 23.7 Å². The molecule has 0 radical (unpaired) electrons. The highest BCUT2D eigenvalue weighted by Gasteiger charge is 2.15. The predicted octanol–water partition coefficient (Wildman–Crippen LogP) is 4.09. The van der Waals surface area contributed by atoms with Gasteiger partial charge >= 0.3 is 11.9 Å². The minimum absolute atomic E-state index is 0.0810. The van der Waals surface area contributed by atoms with Gasteiger partial charge in [-0.25, -0.2) is 9.59 Å². The third-order valence-electron chi connectivity index (χ3n) is 2.88. The molecule has 0 aliphatic heterocycles. The maximum atomic E-state index is 11.8. The van der Waals surface area contributed by atoms with Crippen molar-refractivity contribution in [3.05, 3.63) is 57.0 Å². The smallest absolute Gasteiger partial charge is 0.349 e. The Kier molecular flexibility index (Phi) is 5.63. The van der Waals surface area contributed by atoms with Gasteiger partial charge in [0.25, 0.3) is 0 Å². The van der Waals surface area contributed by atoms with E-state index in [2.05, 4.69) is 15.9 Å². The van der Waals surface area contributed by atoms with E-state index in [1.807, 2.05) is 6.92 Å². The number of carboxylic acids is 1. The Morgan fingerprint density at radius 1 is 1.22 bits per heavy atom. The molecule has 2 aromatic rings. The number of carboxylic acid groups (broad SMARTS) is 1. The van der Waals surface area contributed by atoms with Crippen molar-refractivity contribution < 1.29 is 24.2 Å². The van der Waals surface area contributed by atoms with Crippen LogP contribution in [0.25, 0.3) is 0 Å². The minimum Gasteiger partial charge on any atom is -0.482 e. The molecule has 0 saturated heterocycles. The standard InChI is InChI=1S/C16H12BrClO5/c1-9-6-11(3-4-13(9)17)22-8-15(19)23-14-5-2-10(18)7-12(14)16(20)21/h2-7H,8H2,1H3,(H,20,21). The molecule has 0 aliphatic carbocycles. The molecular formula is C16H12BrClO5. The number of carbonyl (C=O) groups excluding carboxylic acids is 1. The number of halogens is 2. The number of hydrogen-bond donors (Lipinski definition) is 1. The summed E-state index contributed by atoms with van der Waals surface area (Å²) in [6.07, 6.45) is 0. The highest BCUT2D eigenvalue weighted by molar-refractivity contribution is 9.10. The van der Waals surface area contributed by atoms with Crippen LogP contribution in [-0.2, 0) is 4.79 Å². The summed E-state index contributed by atoms with van der Waals surface area (Å²) < 4.78 is 11.3. The molecule has 0 saturated carbocycles. The van der Waals surface area contributed by atoms with Gasteiger partial charge in [0.05, 0.1) is 0 Å². The second kappa shape index (κ2) is 7.48. The normalized spacial score (nSPS) is 10.2. The van der Waals surface area contributed by atoms with Crippen LogP contribution in [0.3, 0.4) is 0 Å². The van der Waals surface area contributed by atoms with Gasteiger partial charge in [-0.3, -0.25) is 0 Å². The predicted molar refractivity (Wildman–Crippen MR) is 88.4 cm³/mol. The van der Waals surface area contributed by atoms with Crippen LogP contribution < -0.4 is 9.47 Å². The molecule has 0 aromatic heterocycles. The third-order valence-corrected chi connectivity index (χ3v) is 4.01. The number of hydrogen-bond acceptors (Lipinski definition) is 4. The number of rotatable bonds is 5. The lowest BCUT2D eigenvalue weighted by molar-refractivity contribution is -0.136. The summed E-state index contributed by atoms with van der Waals surface area (Å²) >= 11 is 9.10. The number of carbonyl (C=O) groups is 2. The molecule has 0 amide bonds. The van der Waals surface area contributed by atoms with Crippen molar-refractivity contribution in [2.75, 3.05) is 6.61 Å². The summed E-state index contributed by atoms with van der Waals surface area (Å²) in [7, 11) is 0. The topological polar surface area (TPSA) is 72.8 Å². The number of esters is 1. The number of benzene rings is 2. The SMILES string of the molecule is Cc1cc(OCC(=O)Oc2ccc(Cl)cc2C(=O)O)ccc1Br. The lowest BCUT2D eigenvalue weighted by atomic mass is 10.2. The van der Waals surface area contributed by atoms with Crippen LogP contribution in [0.4, 0.5) is 0 Å². The third kappa shape index (κ3) is 4.71. The first-order chi connectivity index (χ1) is 10.9. The fourth-order valence-electron chi connectivity index (χ4n) is 1.76. The first-order valence-corrected chi connectivity index (χ1v) is 7.66. The molecule has 0 bridgehead atoms. The number of aromatic carboxylic acids is 1. The second-order valence-corrected chi connectivity index (χ2v) is 5.91. The van der Waals surface area contributed by atoms with E-state index in [1.165, 1.54) is 18.2 Å². The highest BCUT2D eigenvalue weighted by atomic mass is 79.9. The van der Waals surface area contributed by atoms with Gasteiger partial charge in [-0.2, -0.15) is 0 Å². The lowest BCUT2D eigenvalue weighted by Crippen LogP contribution is -2.19. The molecule has 0 heterocycles. The highest BCUT2D eigenvalue weighted by Crippen LogP contribution is 2.24. The minimum atomic E-state index is -1.24. The Balaban J connectivity index is 2.02. The summed E-state index contributed by atoms with van der Waals surface area (Å²) in [5.74, 6) is -1.52. The molecule has 0 fully saturated rings. The van der Waals surface area contributed by atoms with Crippen molar-refractivity contribution in [3.8, 4) is 11.5 Å². The van der Waals surface area contributed by atoms with E-state index < -0.39 is 11.9 Å². The quantitative estimate of drug-likeness (QED) is 0.605. The van der Waals surface area contributed by atoms with Crippen molar-refractivity contribution in [1.82, 2.24) is 0 Å². The van der Waals surface area contributed by atoms with E-state index in [0.29, 0.717) is 5.75 Å². The molecule has 23 heavy (non-hydrogen) atoms. The van der Waals surface area contributed by atoms with Gasteiger partial charge in [-0.05, 0) is 48.9 Å². The Labute approximate surface area is 145 Å². The first-order valence-electron chi connectivity index (χ1n) is 6.49. The summed E-state index contributed by atoms with van der Waals surface area (Å²) in [6.45, 7) is 1.55. The van der Waals surface area contributed by atoms with E-state index in [0.717, 1.165) is 10.0 Å². The average molecular weight is 400 g/mol. The summed E-state index contributed by atoms with van der Waals surface area (Å²) in [4.78, 5) is 22.9. The van der Waals surface area contributed by atoms with E-state index in [4.69, 9.17) is 26.2 Å². The Bertz CT molecular complexity index is 760. The molecule has 7 heteroatoms. The lowest BCUT2D eigenvalue weighted by Gasteiger charge is -2.09. The fraction of sp³-hybridized carbons (Fsp3) is 0.125. The van der Waals surface area contributed by atoms with Crippen molar-refractivity contribution in [3.63, 3.8) is 0 Å². The molecule has 2 rings (SSSR count). The summed E-state index contributed by atoms with van der Waals surface area (Å²) in [6, 6.07) is 9.25. The molecule has 0 atom stereocenters. The van der Waals surface area contributed by atoms with E-state index >= 15 is 0 Å². The van der Waals surface area contributed by atoms with Crippen molar-refractivity contribution in [2.24, 2.45) is 0 Å². The monoisotopic (exact) mass is 398 g/mol. The van der Waals surface area contributed by atoms with Crippen LogP contribution in [0.5, 0.6) is 11.5 Å². The Hall–Kier alpha value is -2.05. The largest absolute Gasteiger partial charge is 0.482 e. The van der Waals surface area contributed by atoms with Gasteiger partial charge in [-0.1, -0.05) is 27.5 Å². The van der Waals surface area contributed by atoms with Crippen molar-refractivity contribution >= 4 is 39.5 Å². The molecule has 0 aliphatic rings. The van der Waals surface area contributed by atoms with E-state index in [1.54, 1.807) is 18.2 Å². The van der Waals surface area contributed by atoms with Crippen molar-refractivity contribution in [1.29, 1.82) is 0 Å². The molecule has 1 N–H and O–H groups in total. The number of ether oxygens (including phenoxy) is 2. The van der Waals surface area contributed by atoms with E-state index in [-0.39, 0.29) is 22.9 Å². The zero-order chi connectivity index (χ0) is 17.0. The molecule has 5 nitrogen and oxygen atoms in total. The van der Waals surface area contributed by atoms with Crippen LogP contribution in [0.1, 0.15) is 15.9 Å². The zero-order valence-corrected chi connectivity index (χ0v) is 14.3. The van der Waals surface area contributed by atoms with Gasteiger partial charge in [0, 0.05) is 9.50 Å². The Morgan fingerprint density at radius 3 is 2.61 bits per heavy atom. The first kappa shape index (κ1) is 17.3.